The number of nitrogens with one attached hydrogen (secondary N) is 1. The van der Waals surface area contributed by atoms with Gasteiger partial charge in [0.15, 0.2) is 0 Å². The van der Waals surface area contributed by atoms with E-state index in [1.54, 1.807) is 24.5 Å². The number of hydrogen-bond acceptors (Lipinski definition) is 3. The van der Waals surface area contributed by atoms with Crippen molar-refractivity contribution in [1.82, 2.24) is 9.97 Å². The molecule has 2 atom stereocenters. The zero-order valence-corrected chi connectivity index (χ0v) is 17.4. The minimum absolute atomic E-state index is 0.290. The first-order chi connectivity index (χ1) is 15.0. The Morgan fingerprint density at radius 3 is 2.81 bits per heavy atom. The Balaban J connectivity index is 1.57. The van der Waals surface area contributed by atoms with Gasteiger partial charge in [0.1, 0.15) is 11.6 Å². The number of pyridine rings is 1. The van der Waals surface area contributed by atoms with Crippen molar-refractivity contribution in [3.8, 4) is 5.75 Å². The van der Waals surface area contributed by atoms with Gasteiger partial charge in [0, 0.05) is 34.7 Å². The van der Waals surface area contributed by atoms with Gasteiger partial charge in [-0.05, 0) is 48.7 Å². The molecule has 5 rings (SSSR count). The number of nitrogens with zero attached hydrogens (tertiary/aromatic N) is 1. The highest BCUT2D eigenvalue weighted by Crippen LogP contribution is 2.47. The maximum absolute atomic E-state index is 14.1. The fraction of sp³-hybridized carbons (Fsp3) is 0.269. The summed E-state index contributed by atoms with van der Waals surface area (Å²) in [6, 6.07) is 18.4. The lowest BCUT2D eigenvalue weighted by Crippen LogP contribution is -2.40. The first-order valence-electron chi connectivity index (χ1n) is 10.6. The minimum Gasteiger partial charge on any atom is -0.493 e. The fourth-order valence-corrected chi connectivity index (χ4v) is 4.91. The number of fused-ring (bicyclic) bond motifs is 2. The van der Waals surface area contributed by atoms with Crippen LogP contribution in [0.1, 0.15) is 36.6 Å². The molecule has 5 heteroatoms. The van der Waals surface area contributed by atoms with Gasteiger partial charge in [-0.15, -0.1) is 0 Å². The van der Waals surface area contributed by atoms with Crippen molar-refractivity contribution in [2.75, 3.05) is 6.61 Å². The van der Waals surface area contributed by atoms with Crippen LogP contribution in [0.15, 0.2) is 73.1 Å². The van der Waals surface area contributed by atoms with Crippen LogP contribution in [-0.4, -0.2) is 21.7 Å². The number of aromatic nitrogens is 2. The van der Waals surface area contributed by atoms with E-state index in [0.29, 0.717) is 31.6 Å². The molecule has 0 saturated carbocycles. The lowest BCUT2D eigenvalue weighted by Gasteiger charge is -2.42. The van der Waals surface area contributed by atoms with E-state index in [1.165, 1.54) is 6.07 Å². The molecule has 0 aliphatic carbocycles. The first-order valence-corrected chi connectivity index (χ1v) is 10.6. The number of benzene rings is 2. The van der Waals surface area contributed by atoms with Gasteiger partial charge in [0.2, 0.25) is 0 Å². The topological polar surface area (TPSA) is 58.1 Å². The van der Waals surface area contributed by atoms with Gasteiger partial charge in [-0.3, -0.25) is 4.98 Å². The van der Waals surface area contributed by atoms with Crippen molar-refractivity contribution in [2.45, 2.75) is 37.2 Å². The second kappa shape index (κ2) is 7.50. The first kappa shape index (κ1) is 19.8. The highest BCUT2D eigenvalue weighted by molar-refractivity contribution is 5.79. The normalized spacial score (nSPS) is 20.1. The molecule has 0 amide bonds. The lowest BCUT2D eigenvalue weighted by molar-refractivity contribution is -0.00179. The van der Waals surface area contributed by atoms with Crippen LogP contribution in [0, 0.1) is 5.82 Å². The van der Waals surface area contributed by atoms with Gasteiger partial charge in [-0.1, -0.05) is 37.3 Å². The van der Waals surface area contributed by atoms with Crippen LogP contribution in [0.5, 0.6) is 5.75 Å². The average Bonchev–Trinajstić information content (AvgIpc) is 3.17. The number of aliphatic hydroxyl groups is 1. The molecule has 1 aliphatic rings. The van der Waals surface area contributed by atoms with Crippen molar-refractivity contribution >= 4 is 10.9 Å². The van der Waals surface area contributed by atoms with Crippen LogP contribution in [-0.2, 0) is 17.4 Å². The molecule has 0 bridgehead atoms. The van der Waals surface area contributed by atoms with Crippen LogP contribution in [0.25, 0.3) is 10.9 Å². The second-order valence-electron chi connectivity index (χ2n) is 8.81. The molecule has 0 saturated heterocycles. The molecule has 4 nitrogen and oxygen atoms in total. The Morgan fingerprint density at radius 1 is 1.16 bits per heavy atom. The van der Waals surface area contributed by atoms with Crippen LogP contribution in [0.2, 0.25) is 0 Å². The molecule has 31 heavy (non-hydrogen) atoms. The fourth-order valence-electron chi connectivity index (χ4n) is 4.91. The number of H-pyrrole nitrogens is 1. The van der Waals surface area contributed by atoms with Gasteiger partial charge in [-0.25, -0.2) is 4.39 Å². The van der Waals surface area contributed by atoms with Gasteiger partial charge in [0.05, 0.1) is 23.9 Å². The highest BCUT2D eigenvalue weighted by atomic mass is 19.1. The van der Waals surface area contributed by atoms with Gasteiger partial charge in [0.25, 0.3) is 0 Å². The van der Waals surface area contributed by atoms with E-state index in [-0.39, 0.29) is 5.82 Å². The van der Waals surface area contributed by atoms with Crippen molar-refractivity contribution in [2.24, 2.45) is 0 Å². The standard InChI is InChI=1S/C26H25FN2O2/c1-25(10-12-31-24-8-7-20(27)14-22(24)25)17-26(30,19-5-3-2-4-6-19)15-21-13-18-9-11-28-16-23(18)29-21/h2-9,11,13-14,16,29-30H,10,12,15,17H2,1H3. The number of ether oxygens (including phenoxy) is 1. The van der Waals surface area contributed by atoms with Crippen molar-refractivity contribution in [3.63, 3.8) is 0 Å². The summed E-state index contributed by atoms with van der Waals surface area (Å²) in [5.74, 6) is 0.407. The van der Waals surface area contributed by atoms with Crippen LogP contribution in [0.3, 0.4) is 0 Å². The zero-order valence-electron chi connectivity index (χ0n) is 17.4. The smallest absolute Gasteiger partial charge is 0.123 e. The lowest BCUT2D eigenvalue weighted by atomic mass is 9.68. The molecule has 2 aromatic heterocycles. The predicted molar refractivity (Wildman–Crippen MR) is 119 cm³/mol. The van der Waals surface area contributed by atoms with E-state index >= 15 is 0 Å². The zero-order chi connectivity index (χ0) is 21.5. The van der Waals surface area contributed by atoms with E-state index in [2.05, 4.69) is 23.0 Å². The van der Waals surface area contributed by atoms with Gasteiger partial charge < -0.3 is 14.8 Å². The maximum atomic E-state index is 14.1. The quantitative estimate of drug-likeness (QED) is 0.466. The molecule has 4 aromatic rings. The largest absolute Gasteiger partial charge is 0.493 e. The molecule has 0 spiro atoms. The summed E-state index contributed by atoms with van der Waals surface area (Å²) in [6.45, 7) is 2.63. The Bertz CT molecular complexity index is 1190. The maximum Gasteiger partial charge on any atom is 0.123 e. The van der Waals surface area contributed by atoms with E-state index < -0.39 is 11.0 Å². The minimum atomic E-state index is -1.15. The summed E-state index contributed by atoms with van der Waals surface area (Å²) in [4.78, 5) is 7.57. The number of aromatic amines is 1. The molecule has 0 fully saturated rings. The molecule has 2 N–H and O–H groups in total. The molecular weight excluding hydrogens is 391 g/mol. The highest BCUT2D eigenvalue weighted by Gasteiger charge is 2.43. The van der Waals surface area contributed by atoms with Crippen LogP contribution < -0.4 is 4.74 Å². The number of hydrogen-bond donors (Lipinski definition) is 2. The van der Waals surface area contributed by atoms with Crippen molar-refractivity contribution in [1.29, 1.82) is 0 Å². The third-order valence-electron chi connectivity index (χ3n) is 6.46. The molecule has 158 valence electrons. The summed E-state index contributed by atoms with van der Waals surface area (Å²) >= 11 is 0. The Morgan fingerprint density at radius 2 is 2.00 bits per heavy atom. The third kappa shape index (κ3) is 3.70. The Labute approximate surface area is 180 Å². The molecule has 1 aliphatic heterocycles. The molecule has 2 unspecified atom stereocenters. The summed E-state index contributed by atoms with van der Waals surface area (Å²) in [7, 11) is 0. The van der Waals surface area contributed by atoms with Crippen LogP contribution in [0.4, 0.5) is 4.39 Å². The molecule has 3 heterocycles. The molecule has 0 radical (unpaired) electrons. The molecule has 2 aromatic carbocycles. The Hall–Kier alpha value is -3.18. The van der Waals surface area contributed by atoms with Crippen LogP contribution >= 0.6 is 0 Å². The SMILES string of the molecule is CC1(CC(O)(Cc2cc3ccncc3[nH]2)c2ccccc2)CCOc2ccc(F)cc21. The summed E-state index contributed by atoms with van der Waals surface area (Å²) in [5, 5.41) is 13.2. The van der Waals surface area contributed by atoms with Gasteiger partial charge in [-0.2, -0.15) is 0 Å². The Kier molecular flexibility index (Phi) is 4.78. The number of halogens is 1. The predicted octanol–water partition coefficient (Wildman–Crippen LogP) is 5.26. The average molecular weight is 416 g/mol. The van der Waals surface area contributed by atoms with E-state index in [0.717, 1.165) is 27.7 Å². The third-order valence-corrected chi connectivity index (χ3v) is 6.46. The summed E-state index contributed by atoms with van der Waals surface area (Å²) < 4.78 is 19.9. The van der Waals surface area contributed by atoms with Gasteiger partial charge >= 0.3 is 0 Å². The van der Waals surface area contributed by atoms with E-state index in [4.69, 9.17) is 4.74 Å². The summed E-state index contributed by atoms with van der Waals surface area (Å²) in [5.41, 5.74) is 1.95. The van der Waals surface area contributed by atoms with E-state index in [1.807, 2.05) is 36.4 Å². The van der Waals surface area contributed by atoms with E-state index in [9.17, 15) is 9.50 Å². The summed E-state index contributed by atoms with van der Waals surface area (Å²) in [6.07, 6.45) is 5.11. The second-order valence-corrected chi connectivity index (χ2v) is 8.81. The number of rotatable bonds is 5. The van der Waals surface area contributed by atoms with Crippen molar-refractivity contribution < 1.29 is 14.2 Å². The molecular formula is C26H25FN2O2. The monoisotopic (exact) mass is 416 g/mol. The van der Waals surface area contributed by atoms with Crippen molar-refractivity contribution in [3.05, 3.63) is 95.7 Å².